The Balaban J connectivity index is 1.59. The summed E-state index contributed by atoms with van der Waals surface area (Å²) >= 11 is 3.36. The van der Waals surface area contributed by atoms with Crippen molar-refractivity contribution in [1.29, 1.82) is 0 Å². The summed E-state index contributed by atoms with van der Waals surface area (Å²) in [5, 5.41) is 2.91. The maximum Gasteiger partial charge on any atom is 0.251 e. The summed E-state index contributed by atoms with van der Waals surface area (Å²) in [5.41, 5.74) is 3.38. The third-order valence-electron chi connectivity index (χ3n) is 3.18. The van der Waals surface area contributed by atoms with Crippen LogP contribution in [0.15, 0.2) is 57.7 Å². The van der Waals surface area contributed by atoms with E-state index in [1.165, 1.54) is 6.39 Å². The Bertz CT molecular complexity index is 783. The standard InChI is InChI=1S/C16H13BrN2O2/c17-13-3-1-2-12(9-13)16(20)18-7-6-11-4-5-15-14(8-11)19-10-21-15/h1-5,8-10H,6-7H2,(H,18,20). The van der Waals surface area contributed by atoms with Crippen molar-refractivity contribution in [3.05, 3.63) is 64.5 Å². The summed E-state index contributed by atoms with van der Waals surface area (Å²) < 4.78 is 6.09. The number of hydrogen-bond donors (Lipinski definition) is 1. The molecule has 4 nitrogen and oxygen atoms in total. The third kappa shape index (κ3) is 3.31. The molecular formula is C16H13BrN2O2. The molecule has 1 amide bonds. The molecule has 1 aromatic heterocycles. The summed E-state index contributed by atoms with van der Waals surface area (Å²) in [5.74, 6) is -0.0705. The highest BCUT2D eigenvalue weighted by atomic mass is 79.9. The number of fused-ring (bicyclic) bond motifs is 1. The van der Waals surface area contributed by atoms with Crippen molar-refractivity contribution < 1.29 is 9.21 Å². The summed E-state index contributed by atoms with van der Waals surface area (Å²) in [6.07, 6.45) is 2.19. The van der Waals surface area contributed by atoms with Crippen LogP contribution in [0, 0.1) is 0 Å². The van der Waals surface area contributed by atoms with E-state index in [0.717, 1.165) is 27.6 Å². The molecule has 21 heavy (non-hydrogen) atoms. The molecule has 106 valence electrons. The number of hydrogen-bond acceptors (Lipinski definition) is 3. The Labute approximate surface area is 130 Å². The Morgan fingerprint density at radius 2 is 2.14 bits per heavy atom. The van der Waals surface area contributed by atoms with Gasteiger partial charge < -0.3 is 9.73 Å². The summed E-state index contributed by atoms with van der Waals surface area (Å²) in [4.78, 5) is 16.1. The Hall–Kier alpha value is -2.14. The van der Waals surface area contributed by atoms with Crippen LogP contribution in [0.1, 0.15) is 15.9 Å². The van der Waals surface area contributed by atoms with E-state index in [0.29, 0.717) is 12.1 Å². The molecule has 0 radical (unpaired) electrons. The lowest BCUT2D eigenvalue weighted by molar-refractivity contribution is 0.0954. The van der Waals surface area contributed by atoms with Gasteiger partial charge in [0.2, 0.25) is 0 Å². The number of nitrogens with one attached hydrogen (secondary N) is 1. The molecule has 0 fully saturated rings. The summed E-state index contributed by atoms with van der Waals surface area (Å²) in [7, 11) is 0. The van der Waals surface area contributed by atoms with Crippen molar-refractivity contribution >= 4 is 32.9 Å². The quantitative estimate of drug-likeness (QED) is 0.787. The largest absolute Gasteiger partial charge is 0.443 e. The minimum atomic E-state index is -0.0705. The topological polar surface area (TPSA) is 55.1 Å². The lowest BCUT2D eigenvalue weighted by Gasteiger charge is -2.06. The molecule has 1 N–H and O–H groups in total. The molecule has 1 heterocycles. The molecule has 5 heteroatoms. The maximum atomic E-state index is 12.0. The second-order valence-corrected chi connectivity index (χ2v) is 5.59. The number of rotatable bonds is 4. The van der Waals surface area contributed by atoms with Crippen LogP contribution in [-0.4, -0.2) is 17.4 Å². The monoisotopic (exact) mass is 344 g/mol. The SMILES string of the molecule is O=C(NCCc1ccc2ocnc2c1)c1cccc(Br)c1. The van der Waals surface area contributed by atoms with E-state index >= 15 is 0 Å². The van der Waals surface area contributed by atoms with Gasteiger partial charge in [0.05, 0.1) is 0 Å². The number of carbonyl (C=O) groups is 1. The van der Waals surface area contributed by atoms with E-state index in [2.05, 4.69) is 26.2 Å². The molecule has 3 rings (SSSR count). The first-order valence-electron chi connectivity index (χ1n) is 6.58. The fourth-order valence-electron chi connectivity index (χ4n) is 2.11. The van der Waals surface area contributed by atoms with Crippen LogP contribution in [-0.2, 0) is 6.42 Å². The lowest BCUT2D eigenvalue weighted by Crippen LogP contribution is -2.25. The molecule has 3 aromatic rings. The van der Waals surface area contributed by atoms with Gasteiger partial charge in [-0.1, -0.05) is 28.1 Å². The molecule has 0 unspecified atom stereocenters. The van der Waals surface area contributed by atoms with E-state index < -0.39 is 0 Å². The fraction of sp³-hybridized carbons (Fsp3) is 0.125. The zero-order valence-corrected chi connectivity index (χ0v) is 12.8. The van der Waals surface area contributed by atoms with Gasteiger partial charge in [-0.25, -0.2) is 4.98 Å². The predicted octanol–water partition coefficient (Wildman–Crippen LogP) is 3.56. The highest BCUT2D eigenvalue weighted by Gasteiger charge is 2.05. The molecule has 0 aliphatic rings. The maximum absolute atomic E-state index is 12.0. The van der Waals surface area contributed by atoms with Gasteiger partial charge in [0, 0.05) is 16.6 Å². The van der Waals surface area contributed by atoms with Crippen LogP contribution < -0.4 is 5.32 Å². The van der Waals surface area contributed by atoms with Gasteiger partial charge in [-0.3, -0.25) is 4.79 Å². The first-order valence-corrected chi connectivity index (χ1v) is 7.37. The van der Waals surface area contributed by atoms with Crippen molar-refractivity contribution in [2.24, 2.45) is 0 Å². The van der Waals surface area contributed by atoms with Crippen LogP contribution >= 0.6 is 15.9 Å². The second kappa shape index (κ2) is 6.10. The molecular weight excluding hydrogens is 332 g/mol. The Kier molecular flexibility index (Phi) is 4.01. The number of halogens is 1. The summed E-state index contributed by atoms with van der Waals surface area (Å²) in [6, 6.07) is 13.2. The van der Waals surface area contributed by atoms with Crippen LogP contribution in [0.4, 0.5) is 0 Å². The van der Waals surface area contributed by atoms with E-state index in [1.807, 2.05) is 30.3 Å². The van der Waals surface area contributed by atoms with Crippen molar-refractivity contribution in [2.75, 3.05) is 6.54 Å². The van der Waals surface area contributed by atoms with Crippen LogP contribution in [0.25, 0.3) is 11.1 Å². The smallest absolute Gasteiger partial charge is 0.251 e. The number of nitrogens with zero attached hydrogens (tertiary/aromatic N) is 1. The minimum absolute atomic E-state index is 0.0705. The van der Waals surface area contributed by atoms with Gasteiger partial charge in [0.1, 0.15) is 5.52 Å². The third-order valence-corrected chi connectivity index (χ3v) is 3.67. The van der Waals surface area contributed by atoms with Gasteiger partial charge in [-0.2, -0.15) is 0 Å². The van der Waals surface area contributed by atoms with Gasteiger partial charge in [0.15, 0.2) is 12.0 Å². The Morgan fingerprint density at radius 3 is 3.00 bits per heavy atom. The number of amides is 1. The molecule has 2 aromatic carbocycles. The highest BCUT2D eigenvalue weighted by Crippen LogP contribution is 2.14. The zero-order valence-electron chi connectivity index (χ0n) is 11.2. The first kappa shape index (κ1) is 13.8. The van der Waals surface area contributed by atoms with E-state index in [4.69, 9.17) is 4.42 Å². The second-order valence-electron chi connectivity index (χ2n) is 4.67. The van der Waals surface area contributed by atoms with Gasteiger partial charge >= 0.3 is 0 Å². The molecule has 0 aliphatic heterocycles. The summed E-state index contributed by atoms with van der Waals surface area (Å²) in [6.45, 7) is 0.578. The Morgan fingerprint density at radius 1 is 1.24 bits per heavy atom. The first-order chi connectivity index (χ1) is 10.2. The minimum Gasteiger partial charge on any atom is -0.443 e. The van der Waals surface area contributed by atoms with E-state index in [-0.39, 0.29) is 5.91 Å². The molecule has 0 aliphatic carbocycles. The van der Waals surface area contributed by atoms with Crippen LogP contribution in [0.2, 0.25) is 0 Å². The molecule has 0 saturated carbocycles. The van der Waals surface area contributed by atoms with Crippen molar-refractivity contribution in [3.63, 3.8) is 0 Å². The van der Waals surface area contributed by atoms with E-state index in [1.54, 1.807) is 12.1 Å². The number of carbonyl (C=O) groups excluding carboxylic acids is 1. The van der Waals surface area contributed by atoms with Crippen LogP contribution in [0.3, 0.4) is 0 Å². The molecule has 0 saturated heterocycles. The van der Waals surface area contributed by atoms with Gasteiger partial charge in [-0.15, -0.1) is 0 Å². The molecule has 0 bridgehead atoms. The number of benzene rings is 2. The van der Waals surface area contributed by atoms with Crippen molar-refractivity contribution in [1.82, 2.24) is 10.3 Å². The van der Waals surface area contributed by atoms with E-state index in [9.17, 15) is 4.79 Å². The fourth-order valence-corrected chi connectivity index (χ4v) is 2.51. The predicted molar refractivity (Wildman–Crippen MR) is 84.2 cm³/mol. The van der Waals surface area contributed by atoms with Crippen LogP contribution in [0.5, 0.6) is 0 Å². The number of aromatic nitrogens is 1. The number of oxazole rings is 1. The van der Waals surface area contributed by atoms with Crippen molar-refractivity contribution in [3.8, 4) is 0 Å². The van der Waals surface area contributed by atoms with Gasteiger partial charge in [0.25, 0.3) is 5.91 Å². The van der Waals surface area contributed by atoms with Gasteiger partial charge in [-0.05, 0) is 42.3 Å². The normalized spacial score (nSPS) is 10.7. The average molecular weight is 345 g/mol. The van der Waals surface area contributed by atoms with Crippen molar-refractivity contribution in [2.45, 2.75) is 6.42 Å². The molecule has 0 spiro atoms. The average Bonchev–Trinajstić information content (AvgIpc) is 2.94. The highest BCUT2D eigenvalue weighted by molar-refractivity contribution is 9.10. The molecule has 0 atom stereocenters. The lowest BCUT2D eigenvalue weighted by atomic mass is 10.1. The zero-order chi connectivity index (χ0) is 14.7.